The number of nitrogens with one attached hydrogen (secondary N) is 1. The molecule has 0 atom stereocenters. The second-order valence-corrected chi connectivity index (χ2v) is 8.62. The molecule has 156 valence electrons. The van der Waals surface area contributed by atoms with Crippen LogP contribution in [0.15, 0.2) is 58.5 Å². The first-order chi connectivity index (χ1) is 14.3. The lowest BCUT2D eigenvalue weighted by atomic mass is 9.86. The summed E-state index contributed by atoms with van der Waals surface area (Å²) in [7, 11) is 0. The molecule has 1 N–H and O–H groups in total. The highest BCUT2D eigenvalue weighted by atomic mass is 32.1. The minimum absolute atomic E-state index is 0.0383. The predicted molar refractivity (Wildman–Crippen MR) is 121 cm³/mol. The fraction of sp³-hybridized carbons (Fsp3) is 0.250. The van der Waals surface area contributed by atoms with E-state index in [1.54, 1.807) is 25.1 Å². The van der Waals surface area contributed by atoms with Gasteiger partial charge in [0.2, 0.25) is 5.91 Å². The van der Waals surface area contributed by atoms with Crippen molar-refractivity contribution < 1.29 is 18.7 Å². The third-order valence-corrected chi connectivity index (χ3v) is 5.41. The Hall–Kier alpha value is -3.12. The van der Waals surface area contributed by atoms with Gasteiger partial charge in [-0.15, -0.1) is 11.3 Å². The highest BCUT2D eigenvalue weighted by Gasteiger charge is 2.23. The van der Waals surface area contributed by atoms with Crippen molar-refractivity contribution in [1.29, 1.82) is 0 Å². The minimum atomic E-state index is -0.459. The molecule has 0 radical (unpaired) electrons. The fourth-order valence-corrected chi connectivity index (χ4v) is 3.88. The van der Waals surface area contributed by atoms with Gasteiger partial charge in [-0.3, -0.25) is 4.79 Å². The van der Waals surface area contributed by atoms with Gasteiger partial charge >= 0.3 is 5.97 Å². The Labute approximate surface area is 180 Å². The molecule has 0 spiro atoms. The first kappa shape index (κ1) is 21.6. The summed E-state index contributed by atoms with van der Waals surface area (Å²) >= 11 is 1.30. The van der Waals surface area contributed by atoms with E-state index in [2.05, 4.69) is 38.2 Å². The second-order valence-electron chi connectivity index (χ2n) is 7.74. The molecular weight excluding hydrogens is 398 g/mol. The molecule has 3 aromatic rings. The van der Waals surface area contributed by atoms with Crippen molar-refractivity contribution in [2.24, 2.45) is 0 Å². The number of furan rings is 1. The maximum atomic E-state index is 12.7. The quantitative estimate of drug-likeness (QED) is 0.382. The van der Waals surface area contributed by atoms with Gasteiger partial charge in [0, 0.05) is 17.0 Å². The van der Waals surface area contributed by atoms with E-state index in [0.717, 1.165) is 11.1 Å². The predicted octanol–water partition coefficient (Wildman–Crippen LogP) is 6.13. The van der Waals surface area contributed by atoms with Crippen LogP contribution >= 0.6 is 11.3 Å². The zero-order valence-corrected chi connectivity index (χ0v) is 18.3. The van der Waals surface area contributed by atoms with Crippen LogP contribution in [0.3, 0.4) is 0 Å². The Balaban J connectivity index is 1.90. The molecule has 0 saturated carbocycles. The largest absolute Gasteiger partial charge is 0.465 e. The smallest absolute Gasteiger partial charge is 0.341 e. The van der Waals surface area contributed by atoms with E-state index in [9.17, 15) is 9.59 Å². The Bertz CT molecular complexity index is 1040. The summed E-state index contributed by atoms with van der Waals surface area (Å²) in [4.78, 5) is 25.0. The molecule has 1 aromatic carbocycles. The van der Waals surface area contributed by atoms with Crippen LogP contribution in [-0.2, 0) is 14.9 Å². The van der Waals surface area contributed by atoms with Gasteiger partial charge in [0.1, 0.15) is 16.3 Å². The van der Waals surface area contributed by atoms with E-state index in [1.807, 2.05) is 17.5 Å². The average molecular weight is 424 g/mol. The molecule has 3 rings (SSSR count). The summed E-state index contributed by atoms with van der Waals surface area (Å²) in [5.74, 6) is -0.242. The van der Waals surface area contributed by atoms with Crippen LogP contribution in [0.1, 0.15) is 49.4 Å². The van der Waals surface area contributed by atoms with Gasteiger partial charge in [-0.1, -0.05) is 45.0 Å². The van der Waals surface area contributed by atoms with Crippen molar-refractivity contribution in [3.05, 3.63) is 71.0 Å². The Morgan fingerprint density at radius 1 is 1.17 bits per heavy atom. The van der Waals surface area contributed by atoms with Gasteiger partial charge in [0.15, 0.2) is 0 Å². The SMILES string of the molecule is CCOC(=O)c1c(-c2ccc(C(C)(C)C)cc2)csc1NC(=O)C=Cc1ccco1. The number of benzene rings is 1. The average Bonchev–Trinajstić information content (AvgIpc) is 3.36. The molecule has 0 aliphatic carbocycles. The summed E-state index contributed by atoms with van der Waals surface area (Å²) in [5, 5.41) is 5.11. The molecule has 0 saturated heterocycles. The van der Waals surface area contributed by atoms with E-state index in [1.165, 1.54) is 29.2 Å². The third-order valence-electron chi connectivity index (χ3n) is 4.51. The maximum absolute atomic E-state index is 12.7. The molecule has 0 fully saturated rings. The van der Waals surface area contributed by atoms with Crippen LogP contribution in [0.25, 0.3) is 17.2 Å². The Kier molecular flexibility index (Phi) is 6.57. The van der Waals surface area contributed by atoms with Crippen LogP contribution < -0.4 is 5.32 Å². The number of carbonyl (C=O) groups excluding carboxylic acids is 2. The molecule has 30 heavy (non-hydrogen) atoms. The van der Waals surface area contributed by atoms with E-state index >= 15 is 0 Å². The van der Waals surface area contributed by atoms with Crippen molar-refractivity contribution >= 4 is 34.3 Å². The number of hydrogen-bond acceptors (Lipinski definition) is 5. The van der Waals surface area contributed by atoms with Gasteiger partial charge in [0.25, 0.3) is 0 Å². The number of anilines is 1. The van der Waals surface area contributed by atoms with Gasteiger partial charge in [-0.2, -0.15) is 0 Å². The minimum Gasteiger partial charge on any atom is -0.465 e. The third kappa shape index (κ3) is 5.07. The summed E-state index contributed by atoms with van der Waals surface area (Å²) in [5.41, 5.74) is 3.25. The maximum Gasteiger partial charge on any atom is 0.341 e. The lowest BCUT2D eigenvalue weighted by Crippen LogP contribution is -2.12. The number of rotatable bonds is 6. The fourth-order valence-electron chi connectivity index (χ4n) is 2.92. The van der Waals surface area contributed by atoms with Gasteiger partial charge in [0.05, 0.1) is 12.9 Å². The monoisotopic (exact) mass is 423 g/mol. The highest BCUT2D eigenvalue weighted by molar-refractivity contribution is 7.15. The van der Waals surface area contributed by atoms with Crippen molar-refractivity contribution in [3.63, 3.8) is 0 Å². The molecule has 6 heteroatoms. The molecule has 5 nitrogen and oxygen atoms in total. The van der Waals surface area contributed by atoms with Crippen LogP contribution in [0.2, 0.25) is 0 Å². The topological polar surface area (TPSA) is 68.5 Å². The van der Waals surface area contributed by atoms with Crippen LogP contribution in [0, 0.1) is 0 Å². The first-order valence-electron chi connectivity index (χ1n) is 9.71. The van der Waals surface area contributed by atoms with Crippen molar-refractivity contribution in [1.82, 2.24) is 0 Å². The summed E-state index contributed by atoms with van der Waals surface area (Å²) < 4.78 is 10.4. The van der Waals surface area contributed by atoms with Crippen molar-refractivity contribution in [3.8, 4) is 11.1 Å². The molecule has 2 aromatic heterocycles. The summed E-state index contributed by atoms with van der Waals surface area (Å²) in [6, 6.07) is 11.6. The highest BCUT2D eigenvalue weighted by Crippen LogP contribution is 2.37. The molecule has 1 amide bonds. The second kappa shape index (κ2) is 9.13. The molecular formula is C24H25NO4S. The standard InChI is InChI=1S/C24H25NO4S/c1-5-28-23(27)21-19(16-8-10-17(11-9-16)24(2,3)4)15-30-22(21)25-20(26)13-12-18-7-6-14-29-18/h6-15H,5H2,1-4H3,(H,25,26). The normalized spacial score (nSPS) is 11.6. The Morgan fingerprint density at radius 2 is 1.90 bits per heavy atom. The molecule has 2 heterocycles. The van der Waals surface area contributed by atoms with Crippen LogP contribution in [-0.4, -0.2) is 18.5 Å². The lowest BCUT2D eigenvalue weighted by molar-refractivity contribution is -0.111. The lowest BCUT2D eigenvalue weighted by Gasteiger charge is -2.19. The number of carbonyl (C=O) groups is 2. The molecule has 0 bridgehead atoms. The number of ether oxygens (including phenoxy) is 1. The molecule has 0 aliphatic heterocycles. The number of thiophene rings is 1. The summed E-state index contributed by atoms with van der Waals surface area (Å²) in [6.07, 6.45) is 4.47. The van der Waals surface area contributed by atoms with Gasteiger partial charge < -0.3 is 14.5 Å². The number of amides is 1. The van der Waals surface area contributed by atoms with E-state index in [0.29, 0.717) is 16.3 Å². The van der Waals surface area contributed by atoms with Crippen molar-refractivity contribution in [2.45, 2.75) is 33.1 Å². The summed E-state index contributed by atoms with van der Waals surface area (Å²) in [6.45, 7) is 8.47. The van der Waals surface area contributed by atoms with E-state index in [-0.39, 0.29) is 17.9 Å². The van der Waals surface area contributed by atoms with Gasteiger partial charge in [-0.05, 0) is 41.7 Å². The zero-order chi connectivity index (χ0) is 21.7. The number of esters is 1. The Morgan fingerprint density at radius 3 is 2.50 bits per heavy atom. The number of hydrogen-bond donors (Lipinski definition) is 1. The van der Waals surface area contributed by atoms with E-state index < -0.39 is 5.97 Å². The van der Waals surface area contributed by atoms with Crippen molar-refractivity contribution in [2.75, 3.05) is 11.9 Å². The molecule has 0 unspecified atom stereocenters. The zero-order valence-electron chi connectivity index (χ0n) is 17.5. The van der Waals surface area contributed by atoms with Gasteiger partial charge in [-0.25, -0.2) is 4.79 Å². The van der Waals surface area contributed by atoms with E-state index in [4.69, 9.17) is 9.15 Å². The first-order valence-corrected chi connectivity index (χ1v) is 10.6. The molecule has 0 aliphatic rings. The van der Waals surface area contributed by atoms with Crippen LogP contribution in [0.5, 0.6) is 0 Å². The van der Waals surface area contributed by atoms with Crippen LogP contribution in [0.4, 0.5) is 5.00 Å².